The molecule has 0 unspecified atom stereocenters. The van der Waals surface area contributed by atoms with Crippen molar-refractivity contribution in [3.63, 3.8) is 0 Å². The minimum atomic E-state index is -0.406. The molecule has 0 radical (unpaired) electrons. The van der Waals surface area contributed by atoms with E-state index in [2.05, 4.69) is 32.4 Å². The number of nitrogens with zero attached hydrogens (tertiary/aromatic N) is 3. The van der Waals surface area contributed by atoms with Crippen molar-refractivity contribution < 1.29 is 14.3 Å². The zero-order valence-electron chi connectivity index (χ0n) is 21.1. The second-order valence-electron chi connectivity index (χ2n) is 9.52. The molecule has 1 aromatic carbocycles. The number of aliphatic imine (C=N–C) groups is 1. The van der Waals surface area contributed by atoms with Crippen LogP contribution in [0.4, 0.5) is 15.6 Å². The van der Waals surface area contributed by atoms with Crippen molar-refractivity contribution in [3.8, 4) is 0 Å². The topological polar surface area (TPSA) is 114 Å². The van der Waals surface area contributed by atoms with Crippen LogP contribution in [0.3, 0.4) is 0 Å². The van der Waals surface area contributed by atoms with Crippen molar-refractivity contribution in [1.29, 1.82) is 0 Å². The van der Waals surface area contributed by atoms with Crippen LogP contribution in [0.25, 0.3) is 0 Å². The number of nitrogens with one attached hydrogen (secondary N) is 2. The third kappa shape index (κ3) is 7.60. The van der Waals surface area contributed by atoms with E-state index in [9.17, 15) is 4.79 Å². The quantitative estimate of drug-likeness (QED) is 0.384. The van der Waals surface area contributed by atoms with Crippen molar-refractivity contribution in [3.05, 3.63) is 52.7 Å². The number of aryl methyl sites for hydroxylation is 1. The van der Waals surface area contributed by atoms with Gasteiger partial charge in [0.1, 0.15) is 5.84 Å². The molecule has 4 N–H and O–H groups in total. The maximum Gasteiger partial charge on any atom is 0.326 e. The highest BCUT2D eigenvalue weighted by molar-refractivity contribution is 7.15. The van der Waals surface area contributed by atoms with Gasteiger partial charge in [-0.3, -0.25) is 15.5 Å². The molecule has 0 atom stereocenters. The molecule has 3 heterocycles. The first-order valence-electron chi connectivity index (χ1n) is 12.4. The van der Waals surface area contributed by atoms with Gasteiger partial charge in [0.05, 0.1) is 18.9 Å². The third-order valence-electron chi connectivity index (χ3n) is 6.66. The Morgan fingerprint density at radius 2 is 1.89 bits per heavy atom. The van der Waals surface area contributed by atoms with Crippen molar-refractivity contribution >= 4 is 34.0 Å². The lowest BCUT2D eigenvalue weighted by Gasteiger charge is -2.34. The van der Waals surface area contributed by atoms with E-state index in [1.54, 1.807) is 6.08 Å². The van der Waals surface area contributed by atoms with Crippen molar-refractivity contribution in [2.24, 2.45) is 16.1 Å². The highest BCUT2D eigenvalue weighted by atomic mass is 32.1. The van der Waals surface area contributed by atoms with Crippen LogP contribution in [0.2, 0.25) is 0 Å². The minimum Gasteiger partial charge on any atom is -0.401 e. The average Bonchev–Trinajstić information content (AvgIpc) is 3.32. The third-order valence-corrected chi connectivity index (χ3v) is 7.64. The Hall–Kier alpha value is -2.79. The number of rotatable bonds is 7. The summed E-state index contributed by atoms with van der Waals surface area (Å²) in [6.07, 6.45) is 6.13. The SMILES string of the molecule is Cc1ccc(N=C(C=C(N)C2(C)CCOCC2)NC(=O)Nc2ncc(CCN3CCOCC3)s2)cc1. The van der Waals surface area contributed by atoms with E-state index in [0.29, 0.717) is 29.9 Å². The number of carbonyl (C=O) groups excluding carboxylic acids is 1. The highest BCUT2D eigenvalue weighted by Gasteiger charge is 2.30. The van der Waals surface area contributed by atoms with Crippen LogP contribution in [0.1, 0.15) is 30.2 Å². The van der Waals surface area contributed by atoms with Gasteiger partial charge in [0, 0.05) is 61.1 Å². The Morgan fingerprint density at radius 3 is 2.61 bits per heavy atom. The molecular formula is C26H36N6O3S. The van der Waals surface area contributed by atoms with Gasteiger partial charge in [-0.25, -0.2) is 14.8 Å². The van der Waals surface area contributed by atoms with E-state index in [-0.39, 0.29) is 5.41 Å². The van der Waals surface area contributed by atoms with E-state index in [1.165, 1.54) is 11.3 Å². The molecule has 2 amide bonds. The fourth-order valence-electron chi connectivity index (χ4n) is 4.11. The summed E-state index contributed by atoms with van der Waals surface area (Å²) in [7, 11) is 0. The number of allylic oxidation sites excluding steroid dienone is 1. The zero-order chi connectivity index (χ0) is 25.4. The number of hydrogen-bond acceptors (Lipinski definition) is 8. The smallest absolute Gasteiger partial charge is 0.326 e. The predicted octanol–water partition coefficient (Wildman–Crippen LogP) is 3.84. The highest BCUT2D eigenvalue weighted by Crippen LogP contribution is 2.34. The average molecular weight is 513 g/mol. The van der Waals surface area contributed by atoms with E-state index < -0.39 is 6.03 Å². The van der Waals surface area contributed by atoms with Crippen LogP contribution in [0, 0.1) is 12.3 Å². The normalized spacial score (nSPS) is 19.2. The van der Waals surface area contributed by atoms with Crippen molar-refractivity contribution in [2.75, 3.05) is 51.4 Å². The van der Waals surface area contributed by atoms with Crippen LogP contribution in [-0.4, -0.2) is 67.8 Å². The van der Waals surface area contributed by atoms with Crippen LogP contribution >= 0.6 is 11.3 Å². The second kappa shape index (κ2) is 12.4. The molecule has 0 saturated carbocycles. The Bertz CT molecular complexity index is 1070. The summed E-state index contributed by atoms with van der Waals surface area (Å²) in [6, 6.07) is 7.39. The monoisotopic (exact) mass is 512 g/mol. The predicted molar refractivity (Wildman–Crippen MR) is 144 cm³/mol. The molecule has 2 saturated heterocycles. The van der Waals surface area contributed by atoms with Gasteiger partial charge < -0.3 is 15.2 Å². The molecule has 2 fully saturated rings. The van der Waals surface area contributed by atoms with E-state index in [4.69, 9.17) is 15.2 Å². The molecule has 0 bridgehead atoms. The summed E-state index contributed by atoms with van der Waals surface area (Å²) in [5.41, 5.74) is 8.87. The molecule has 2 aliphatic heterocycles. The van der Waals surface area contributed by atoms with Crippen LogP contribution in [-0.2, 0) is 15.9 Å². The summed E-state index contributed by atoms with van der Waals surface area (Å²) in [5.74, 6) is 0.380. The summed E-state index contributed by atoms with van der Waals surface area (Å²) in [5, 5.41) is 6.26. The first-order chi connectivity index (χ1) is 17.4. The lowest BCUT2D eigenvalue weighted by Crippen LogP contribution is -2.37. The lowest BCUT2D eigenvalue weighted by atomic mass is 9.79. The molecule has 36 heavy (non-hydrogen) atoms. The van der Waals surface area contributed by atoms with Gasteiger partial charge in [0.15, 0.2) is 5.13 Å². The van der Waals surface area contributed by atoms with Crippen LogP contribution in [0.15, 0.2) is 47.2 Å². The number of anilines is 1. The molecule has 0 aliphatic carbocycles. The van der Waals surface area contributed by atoms with Gasteiger partial charge >= 0.3 is 6.03 Å². The van der Waals surface area contributed by atoms with Crippen molar-refractivity contribution in [1.82, 2.24) is 15.2 Å². The Labute approximate surface area is 216 Å². The van der Waals surface area contributed by atoms with E-state index >= 15 is 0 Å². The van der Waals surface area contributed by atoms with Gasteiger partial charge in [-0.2, -0.15) is 0 Å². The molecule has 9 nitrogen and oxygen atoms in total. The second-order valence-corrected chi connectivity index (χ2v) is 10.6. The molecule has 2 aromatic rings. The number of amidine groups is 1. The summed E-state index contributed by atoms with van der Waals surface area (Å²) in [6.45, 7) is 9.92. The molecule has 194 valence electrons. The molecule has 4 rings (SSSR count). The summed E-state index contributed by atoms with van der Waals surface area (Å²) < 4.78 is 10.9. The number of aromatic nitrogens is 1. The Morgan fingerprint density at radius 1 is 1.19 bits per heavy atom. The lowest BCUT2D eigenvalue weighted by molar-refractivity contribution is 0.0385. The van der Waals surface area contributed by atoms with Gasteiger partial charge in [-0.15, -0.1) is 11.3 Å². The number of carbonyl (C=O) groups is 1. The molecule has 1 aromatic heterocycles. The maximum absolute atomic E-state index is 12.9. The van der Waals surface area contributed by atoms with Gasteiger partial charge in [0.25, 0.3) is 0 Å². The van der Waals surface area contributed by atoms with Crippen LogP contribution < -0.4 is 16.4 Å². The van der Waals surface area contributed by atoms with Gasteiger partial charge in [-0.1, -0.05) is 24.6 Å². The molecule has 2 aliphatic rings. The molecule has 10 heteroatoms. The standard InChI is InChI=1S/C26H36N6O3S/c1-19-3-5-20(6-4-19)29-23(17-22(27)26(2)8-13-34-14-9-26)30-24(33)31-25-28-18-21(36-25)7-10-32-11-15-35-16-12-32/h3-6,17-18H,7-16,27H2,1-2H3,(H2,28,29,30,31,33). The number of amides is 2. The van der Waals surface area contributed by atoms with E-state index in [0.717, 1.165) is 68.2 Å². The fraction of sp³-hybridized carbons (Fsp3) is 0.500. The number of morpholine rings is 1. The number of hydrogen-bond donors (Lipinski definition) is 3. The summed E-state index contributed by atoms with van der Waals surface area (Å²) in [4.78, 5) is 25.4. The number of nitrogens with two attached hydrogens (primary N) is 1. The number of thiazole rings is 1. The first-order valence-corrected chi connectivity index (χ1v) is 13.2. The van der Waals surface area contributed by atoms with Gasteiger partial charge in [-0.05, 0) is 38.3 Å². The van der Waals surface area contributed by atoms with Gasteiger partial charge in [0.2, 0.25) is 0 Å². The first kappa shape index (κ1) is 26.3. The Balaban J connectivity index is 1.42. The summed E-state index contributed by atoms with van der Waals surface area (Å²) >= 11 is 1.48. The Kier molecular flexibility index (Phi) is 9.08. The molecule has 0 spiro atoms. The largest absolute Gasteiger partial charge is 0.401 e. The number of urea groups is 1. The van der Waals surface area contributed by atoms with Crippen LogP contribution in [0.5, 0.6) is 0 Å². The fourth-order valence-corrected chi connectivity index (χ4v) is 4.90. The maximum atomic E-state index is 12.9. The number of benzene rings is 1. The minimum absolute atomic E-state index is 0.199. The number of ether oxygens (including phenoxy) is 2. The zero-order valence-corrected chi connectivity index (χ0v) is 21.9. The van der Waals surface area contributed by atoms with Crippen molar-refractivity contribution in [2.45, 2.75) is 33.1 Å². The van der Waals surface area contributed by atoms with E-state index in [1.807, 2.05) is 37.4 Å². The molecular weight excluding hydrogens is 476 g/mol.